The lowest BCUT2D eigenvalue weighted by molar-refractivity contribution is -0.109. The summed E-state index contributed by atoms with van der Waals surface area (Å²) in [5.74, 6) is -1.87. The van der Waals surface area contributed by atoms with Gasteiger partial charge in [-0.3, -0.25) is 9.59 Å². The van der Waals surface area contributed by atoms with Crippen molar-refractivity contribution in [1.29, 1.82) is 0 Å². The molecule has 1 aromatic carbocycles. The SMILES string of the molecule is CCCc1cc(CCNC=O)nnc1CN(CC(C)C)C(=O)c1cc(F)ccc1F. The Labute approximate surface area is 175 Å². The van der Waals surface area contributed by atoms with E-state index in [0.717, 1.165) is 42.3 Å². The standard InChI is InChI=1S/C22H28F2N4O2/c1-4-5-16-10-18(8-9-25-14-29)26-27-21(16)13-28(12-15(2)3)22(30)19-11-17(23)6-7-20(19)24/h6-7,10-11,14-15H,4-5,8-9,12-13H2,1-3H3,(H,25,29). The van der Waals surface area contributed by atoms with Crippen LogP contribution >= 0.6 is 0 Å². The van der Waals surface area contributed by atoms with Crippen LogP contribution in [0.5, 0.6) is 0 Å². The zero-order valence-electron chi connectivity index (χ0n) is 17.6. The van der Waals surface area contributed by atoms with E-state index in [1.165, 1.54) is 4.90 Å². The van der Waals surface area contributed by atoms with Gasteiger partial charge in [-0.2, -0.15) is 10.2 Å². The predicted molar refractivity (Wildman–Crippen MR) is 110 cm³/mol. The third kappa shape index (κ3) is 6.57. The lowest BCUT2D eigenvalue weighted by Crippen LogP contribution is -2.35. The number of nitrogens with zero attached hydrogens (tertiary/aromatic N) is 3. The van der Waals surface area contributed by atoms with Gasteiger partial charge >= 0.3 is 0 Å². The number of aryl methyl sites for hydroxylation is 1. The van der Waals surface area contributed by atoms with Crippen molar-refractivity contribution in [2.45, 2.75) is 46.6 Å². The molecule has 0 aliphatic rings. The number of carbonyl (C=O) groups excluding carboxylic acids is 2. The quantitative estimate of drug-likeness (QED) is 0.449. The van der Waals surface area contributed by atoms with Gasteiger partial charge in [0.25, 0.3) is 5.91 Å². The number of rotatable bonds is 11. The van der Waals surface area contributed by atoms with Gasteiger partial charge in [0.1, 0.15) is 11.6 Å². The molecule has 0 saturated heterocycles. The summed E-state index contributed by atoms with van der Waals surface area (Å²) in [5.41, 5.74) is 2.04. The van der Waals surface area contributed by atoms with Crippen molar-refractivity contribution >= 4 is 12.3 Å². The van der Waals surface area contributed by atoms with E-state index in [1.54, 1.807) is 0 Å². The third-order valence-electron chi connectivity index (χ3n) is 4.51. The van der Waals surface area contributed by atoms with Crippen molar-refractivity contribution in [2.75, 3.05) is 13.1 Å². The maximum absolute atomic E-state index is 14.2. The molecule has 0 atom stereocenters. The highest BCUT2D eigenvalue weighted by atomic mass is 19.1. The number of amides is 2. The topological polar surface area (TPSA) is 75.2 Å². The molecule has 6 nitrogen and oxygen atoms in total. The molecule has 2 rings (SSSR count). The van der Waals surface area contributed by atoms with Crippen LogP contribution in [0.25, 0.3) is 0 Å². The molecule has 0 spiro atoms. The maximum Gasteiger partial charge on any atom is 0.257 e. The van der Waals surface area contributed by atoms with Crippen molar-refractivity contribution in [3.63, 3.8) is 0 Å². The number of hydrogen-bond acceptors (Lipinski definition) is 4. The van der Waals surface area contributed by atoms with Gasteiger partial charge < -0.3 is 10.2 Å². The Morgan fingerprint density at radius 1 is 1.20 bits per heavy atom. The lowest BCUT2D eigenvalue weighted by Gasteiger charge is -2.25. The van der Waals surface area contributed by atoms with Crippen LogP contribution < -0.4 is 5.32 Å². The number of hydrogen-bond donors (Lipinski definition) is 1. The molecule has 162 valence electrons. The molecular weight excluding hydrogens is 390 g/mol. The molecule has 8 heteroatoms. The summed E-state index contributed by atoms with van der Waals surface area (Å²) in [6, 6.07) is 4.80. The highest BCUT2D eigenvalue weighted by molar-refractivity contribution is 5.94. The monoisotopic (exact) mass is 418 g/mol. The van der Waals surface area contributed by atoms with Crippen LogP contribution in [0.1, 0.15) is 54.5 Å². The van der Waals surface area contributed by atoms with Crippen LogP contribution in [0.2, 0.25) is 0 Å². The second-order valence-electron chi connectivity index (χ2n) is 7.58. The van der Waals surface area contributed by atoms with Gasteiger partial charge in [-0.1, -0.05) is 27.2 Å². The van der Waals surface area contributed by atoms with E-state index in [1.807, 2.05) is 26.8 Å². The van der Waals surface area contributed by atoms with Gasteiger partial charge in [0.15, 0.2) is 0 Å². The Morgan fingerprint density at radius 3 is 2.63 bits per heavy atom. The van der Waals surface area contributed by atoms with Crippen LogP contribution in [-0.2, 0) is 24.2 Å². The van der Waals surface area contributed by atoms with Crippen molar-refractivity contribution in [2.24, 2.45) is 5.92 Å². The van der Waals surface area contributed by atoms with Crippen molar-refractivity contribution in [1.82, 2.24) is 20.4 Å². The number of nitrogens with one attached hydrogen (secondary N) is 1. The zero-order valence-corrected chi connectivity index (χ0v) is 17.6. The summed E-state index contributed by atoms with van der Waals surface area (Å²) in [4.78, 5) is 24.9. The normalized spacial score (nSPS) is 10.9. The summed E-state index contributed by atoms with van der Waals surface area (Å²) in [5, 5.41) is 11.1. The molecule has 0 fully saturated rings. The van der Waals surface area contributed by atoms with Crippen LogP contribution in [0.4, 0.5) is 8.78 Å². The molecular formula is C22H28F2N4O2. The smallest absolute Gasteiger partial charge is 0.257 e. The minimum Gasteiger partial charge on any atom is -0.358 e. The molecule has 2 aromatic rings. The van der Waals surface area contributed by atoms with E-state index in [2.05, 4.69) is 15.5 Å². The summed E-state index contributed by atoms with van der Waals surface area (Å²) < 4.78 is 27.8. The fourth-order valence-corrected chi connectivity index (χ4v) is 3.17. The van der Waals surface area contributed by atoms with E-state index >= 15 is 0 Å². The van der Waals surface area contributed by atoms with E-state index < -0.39 is 17.5 Å². The number of aromatic nitrogens is 2. The molecule has 1 N–H and O–H groups in total. The molecule has 0 aliphatic heterocycles. The Kier molecular flexibility index (Phi) is 8.83. The van der Waals surface area contributed by atoms with Crippen molar-refractivity contribution < 1.29 is 18.4 Å². The zero-order chi connectivity index (χ0) is 22.1. The van der Waals surface area contributed by atoms with Crippen molar-refractivity contribution in [3.8, 4) is 0 Å². The first kappa shape index (κ1) is 23.4. The van der Waals surface area contributed by atoms with Gasteiger partial charge in [0.05, 0.1) is 23.5 Å². The first-order valence-electron chi connectivity index (χ1n) is 10.1. The fourth-order valence-electron chi connectivity index (χ4n) is 3.17. The summed E-state index contributed by atoms with van der Waals surface area (Å²) in [6.45, 7) is 6.92. The summed E-state index contributed by atoms with van der Waals surface area (Å²) >= 11 is 0. The molecule has 0 bridgehead atoms. The highest BCUT2D eigenvalue weighted by Gasteiger charge is 2.23. The maximum atomic E-state index is 14.2. The van der Waals surface area contributed by atoms with Gasteiger partial charge in [0, 0.05) is 19.5 Å². The summed E-state index contributed by atoms with van der Waals surface area (Å²) in [6.07, 6.45) is 2.81. The van der Waals surface area contributed by atoms with Gasteiger partial charge in [-0.15, -0.1) is 0 Å². The largest absolute Gasteiger partial charge is 0.358 e. The lowest BCUT2D eigenvalue weighted by atomic mass is 10.1. The van der Waals surface area contributed by atoms with Crippen LogP contribution in [-0.4, -0.2) is 40.5 Å². The molecule has 0 aliphatic carbocycles. The summed E-state index contributed by atoms with van der Waals surface area (Å²) in [7, 11) is 0. The molecule has 30 heavy (non-hydrogen) atoms. The van der Waals surface area contributed by atoms with Crippen molar-refractivity contribution in [3.05, 3.63) is 58.4 Å². The predicted octanol–water partition coefficient (Wildman–Crippen LogP) is 3.29. The third-order valence-corrected chi connectivity index (χ3v) is 4.51. The number of benzene rings is 1. The van der Waals surface area contributed by atoms with Crippen LogP contribution in [0.3, 0.4) is 0 Å². The molecule has 1 aromatic heterocycles. The van der Waals surface area contributed by atoms with Crippen LogP contribution in [0, 0.1) is 17.6 Å². The minimum absolute atomic E-state index is 0.127. The fraction of sp³-hybridized carbons (Fsp3) is 0.455. The van der Waals surface area contributed by atoms with E-state index in [-0.39, 0.29) is 18.0 Å². The Bertz CT molecular complexity index is 874. The average molecular weight is 418 g/mol. The molecule has 1 heterocycles. The molecule has 0 radical (unpaired) electrons. The first-order valence-corrected chi connectivity index (χ1v) is 10.1. The Morgan fingerprint density at radius 2 is 1.97 bits per heavy atom. The molecule has 0 saturated carbocycles. The second kappa shape index (κ2) is 11.3. The Balaban J connectivity index is 2.31. The molecule has 2 amide bonds. The van der Waals surface area contributed by atoms with Crippen LogP contribution in [0.15, 0.2) is 24.3 Å². The highest BCUT2D eigenvalue weighted by Crippen LogP contribution is 2.18. The van der Waals surface area contributed by atoms with E-state index in [4.69, 9.17) is 0 Å². The van der Waals surface area contributed by atoms with E-state index in [0.29, 0.717) is 31.6 Å². The molecule has 0 unspecified atom stereocenters. The number of halogens is 2. The first-order chi connectivity index (χ1) is 14.3. The van der Waals surface area contributed by atoms with Gasteiger partial charge in [-0.25, -0.2) is 8.78 Å². The minimum atomic E-state index is -0.756. The van der Waals surface area contributed by atoms with Gasteiger partial charge in [-0.05, 0) is 42.2 Å². The number of carbonyl (C=O) groups is 2. The average Bonchev–Trinajstić information content (AvgIpc) is 2.70. The Hall–Kier alpha value is -2.90. The van der Waals surface area contributed by atoms with E-state index in [9.17, 15) is 18.4 Å². The van der Waals surface area contributed by atoms with Gasteiger partial charge in [0.2, 0.25) is 6.41 Å². The second-order valence-corrected chi connectivity index (χ2v) is 7.58.